The van der Waals surface area contributed by atoms with Crippen molar-refractivity contribution in [3.8, 4) is 11.1 Å². The number of hydrogen-bond donors (Lipinski definition) is 0. The summed E-state index contributed by atoms with van der Waals surface area (Å²) in [6.45, 7) is 7.41. The second-order valence-corrected chi connectivity index (χ2v) is 10.1. The molecular formula is C27H36N4O. The number of Topliss-reactive ketones (excluding diaryl/α,β-unsaturated/α-hetero) is 1. The van der Waals surface area contributed by atoms with Crippen LogP contribution in [0.1, 0.15) is 57.9 Å². The van der Waals surface area contributed by atoms with Crippen molar-refractivity contribution in [2.24, 2.45) is 11.8 Å². The summed E-state index contributed by atoms with van der Waals surface area (Å²) in [4.78, 5) is 26.2. The van der Waals surface area contributed by atoms with Crippen LogP contribution in [0.3, 0.4) is 0 Å². The number of nitrogens with zero attached hydrogens (tertiary/aromatic N) is 4. The fraction of sp³-hybridized carbons (Fsp3) is 0.593. The molecule has 2 unspecified atom stereocenters. The number of rotatable bonds is 6. The highest BCUT2D eigenvalue weighted by Gasteiger charge is 2.40. The van der Waals surface area contributed by atoms with Gasteiger partial charge in [-0.1, -0.05) is 31.2 Å². The highest BCUT2D eigenvalue weighted by molar-refractivity contribution is 5.78. The number of fused-ring (bicyclic) bond motifs is 2. The van der Waals surface area contributed by atoms with Crippen LogP contribution in [0, 0.1) is 11.8 Å². The Kier molecular flexibility index (Phi) is 6.27. The number of likely N-dealkylation sites (N-methyl/N-ethyl adjacent to an activating group) is 1. The quantitative estimate of drug-likeness (QED) is 0.659. The van der Waals surface area contributed by atoms with Crippen molar-refractivity contribution >= 4 is 11.7 Å². The number of carbonyl (C=O) groups excluding carboxylic acids is 1. The molecule has 2 aliphatic heterocycles. The van der Waals surface area contributed by atoms with Crippen LogP contribution in [-0.4, -0.2) is 52.4 Å². The normalized spacial score (nSPS) is 28.1. The summed E-state index contributed by atoms with van der Waals surface area (Å²) < 4.78 is 0. The van der Waals surface area contributed by atoms with Crippen molar-refractivity contribution in [1.82, 2.24) is 14.9 Å². The maximum absolute atomic E-state index is 11.6. The van der Waals surface area contributed by atoms with Crippen molar-refractivity contribution in [3.63, 3.8) is 0 Å². The minimum absolute atomic E-state index is 0.308. The van der Waals surface area contributed by atoms with Gasteiger partial charge in [0.05, 0.1) is 0 Å². The van der Waals surface area contributed by atoms with Gasteiger partial charge in [-0.2, -0.15) is 0 Å². The van der Waals surface area contributed by atoms with Crippen molar-refractivity contribution < 1.29 is 4.79 Å². The van der Waals surface area contributed by atoms with E-state index in [1.54, 1.807) is 6.92 Å². The largest absolute Gasteiger partial charge is 0.332 e. The van der Waals surface area contributed by atoms with E-state index < -0.39 is 0 Å². The Hall–Kier alpha value is -2.27. The molecule has 2 bridgehead atoms. The predicted molar refractivity (Wildman–Crippen MR) is 129 cm³/mol. The molecule has 0 radical (unpaired) electrons. The lowest BCUT2D eigenvalue weighted by Crippen LogP contribution is -2.54. The average molecular weight is 433 g/mol. The van der Waals surface area contributed by atoms with E-state index in [0.717, 1.165) is 50.4 Å². The van der Waals surface area contributed by atoms with Crippen molar-refractivity contribution in [2.75, 3.05) is 24.5 Å². The third-order valence-corrected chi connectivity index (χ3v) is 8.11. The highest BCUT2D eigenvalue weighted by atomic mass is 16.1. The predicted octanol–water partition coefficient (Wildman–Crippen LogP) is 4.75. The maximum Gasteiger partial charge on any atom is 0.225 e. The van der Waals surface area contributed by atoms with Crippen LogP contribution in [-0.2, 0) is 11.2 Å². The first kappa shape index (κ1) is 21.6. The third-order valence-electron chi connectivity index (χ3n) is 8.11. The van der Waals surface area contributed by atoms with E-state index in [4.69, 9.17) is 9.97 Å². The molecule has 2 atom stereocenters. The molecule has 2 aromatic rings. The van der Waals surface area contributed by atoms with E-state index in [2.05, 4.69) is 41.0 Å². The monoisotopic (exact) mass is 432 g/mol. The minimum atomic E-state index is 0.308. The number of aromatic nitrogens is 2. The minimum Gasteiger partial charge on any atom is -0.332 e. The fourth-order valence-electron chi connectivity index (χ4n) is 6.12. The summed E-state index contributed by atoms with van der Waals surface area (Å²) >= 11 is 0. The highest BCUT2D eigenvalue weighted by Crippen LogP contribution is 2.34. The van der Waals surface area contributed by atoms with Crippen molar-refractivity contribution in [3.05, 3.63) is 42.2 Å². The summed E-state index contributed by atoms with van der Waals surface area (Å²) in [6.07, 6.45) is 12.1. The summed E-state index contributed by atoms with van der Waals surface area (Å²) in [7, 11) is 0. The van der Waals surface area contributed by atoms with Crippen LogP contribution in [0.2, 0.25) is 0 Å². The molecule has 5 rings (SSSR count). The topological polar surface area (TPSA) is 49.3 Å². The summed E-state index contributed by atoms with van der Waals surface area (Å²) in [5.41, 5.74) is 3.66. The number of carbonyl (C=O) groups is 1. The van der Waals surface area contributed by atoms with E-state index in [-0.39, 0.29) is 0 Å². The van der Waals surface area contributed by atoms with E-state index in [1.807, 2.05) is 12.4 Å². The summed E-state index contributed by atoms with van der Waals surface area (Å²) in [5, 5.41) is 0. The van der Waals surface area contributed by atoms with Gasteiger partial charge in [-0.15, -0.1) is 0 Å². The molecule has 3 heterocycles. The van der Waals surface area contributed by atoms with Gasteiger partial charge in [0.25, 0.3) is 0 Å². The SMILES string of the molecule is CCN1CC2CCC(C1)N2c1ncc(-c2ccc(CC3CCC(C(C)=O)CC3)cc2)cn1. The number of hydrogen-bond acceptors (Lipinski definition) is 5. The van der Waals surface area contributed by atoms with Gasteiger partial charge in [0.1, 0.15) is 5.78 Å². The maximum atomic E-state index is 11.6. The number of piperazine rings is 1. The van der Waals surface area contributed by atoms with E-state index in [9.17, 15) is 4.79 Å². The Balaban J connectivity index is 1.20. The van der Waals surface area contributed by atoms with Gasteiger partial charge in [0, 0.05) is 49.0 Å². The molecule has 0 N–H and O–H groups in total. The second kappa shape index (κ2) is 9.30. The molecule has 0 spiro atoms. The Morgan fingerprint density at radius 3 is 2.09 bits per heavy atom. The molecule has 1 aromatic heterocycles. The lowest BCUT2D eigenvalue weighted by molar-refractivity contribution is -0.121. The standard InChI is InChI=1S/C27H36N4O/c1-3-30-17-25-12-13-26(18-30)31(25)27-28-15-24(16-29-27)23-10-6-21(7-11-23)14-20-4-8-22(9-5-20)19(2)32/h6-7,10-11,15-16,20,22,25-26H,3-5,8-9,12-14,17-18H2,1-2H3. The van der Waals surface area contributed by atoms with Gasteiger partial charge in [0.2, 0.25) is 5.95 Å². The molecule has 1 saturated carbocycles. The zero-order valence-corrected chi connectivity index (χ0v) is 19.5. The van der Waals surface area contributed by atoms with Crippen LogP contribution < -0.4 is 4.90 Å². The smallest absolute Gasteiger partial charge is 0.225 e. The lowest BCUT2D eigenvalue weighted by atomic mass is 9.78. The molecule has 2 saturated heterocycles. The van der Waals surface area contributed by atoms with Crippen molar-refractivity contribution in [2.45, 2.75) is 70.9 Å². The first-order valence-electron chi connectivity index (χ1n) is 12.5. The van der Waals surface area contributed by atoms with Crippen LogP contribution in [0.5, 0.6) is 0 Å². The zero-order valence-electron chi connectivity index (χ0n) is 19.5. The molecular weight excluding hydrogens is 396 g/mol. The van der Waals surface area contributed by atoms with E-state index >= 15 is 0 Å². The van der Waals surface area contributed by atoms with Gasteiger partial charge in [-0.05, 0) is 75.5 Å². The fourth-order valence-corrected chi connectivity index (χ4v) is 6.12. The van der Waals surface area contributed by atoms with Gasteiger partial charge in [0.15, 0.2) is 0 Å². The molecule has 170 valence electrons. The Morgan fingerprint density at radius 1 is 0.906 bits per heavy atom. The summed E-state index contributed by atoms with van der Waals surface area (Å²) in [5.74, 6) is 2.29. The van der Waals surface area contributed by atoms with Crippen LogP contribution in [0.25, 0.3) is 11.1 Å². The molecule has 5 nitrogen and oxygen atoms in total. The first-order chi connectivity index (χ1) is 15.6. The van der Waals surface area contributed by atoms with E-state index in [1.165, 1.54) is 36.8 Å². The van der Waals surface area contributed by atoms with Crippen LogP contribution >= 0.6 is 0 Å². The molecule has 3 aliphatic rings. The molecule has 1 aliphatic carbocycles. The van der Waals surface area contributed by atoms with E-state index in [0.29, 0.717) is 29.7 Å². The molecule has 32 heavy (non-hydrogen) atoms. The zero-order chi connectivity index (χ0) is 22.1. The summed E-state index contributed by atoms with van der Waals surface area (Å²) in [6, 6.07) is 10.0. The van der Waals surface area contributed by atoms with Gasteiger partial charge < -0.3 is 4.90 Å². The van der Waals surface area contributed by atoms with Crippen LogP contribution in [0.15, 0.2) is 36.7 Å². The number of likely N-dealkylation sites (tertiary alicyclic amines) is 1. The van der Waals surface area contributed by atoms with Gasteiger partial charge in [-0.25, -0.2) is 9.97 Å². The first-order valence-corrected chi connectivity index (χ1v) is 12.5. The number of ketones is 1. The third kappa shape index (κ3) is 4.45. The Bertz CT molecular complexity index is 904. The Morgan fingerprint density at radius 2 is 1.53 bits per heavy atom. The number of benzene rings is 1. The van der Waals surface area contributed by atoms with Crippen LogP contribution in [0.4, 0.5) is 5.95 Å². The average Bonchev–Trinajstić information content (AvgIpc) is 3.09. The van der Waals surface area contributed by atoms with Gasteiger partial charge in [-0.3, -0.25) is 9.69 Å². The van der Waals surface area contributed by atoms with Crippen molar-refractivity contribution in [1.29, 1.82) is 0 Å². The number of anilines is 1. The second-order valence-electron chi connectivity index (χ2n) is 10.1. The molecule has 1 aromatic carbocycles. The Labute approximate surface area is 192 Å². The van der Waals surface area contributed by atoms with Gasteiger partial charge >= 0.3 is 0 Å². The molecule has 5 heteroatoms. The molecule has 0 amide bonds. The molecule has 3 fully saturated rings. The lowest BCUT2D eigenvalue weighted by Gasteiger charge is -2.40.